The highest BCUT2D eigenvalue weighted by atomic mass is 16.5. The minimum atomic E-state index is -0.417. The van der Waals surface area contributed by atoms with Gasteiger partial charge in [-0.05, 0) is 38.7 Å². The van der Waals surface area contributed by atoms with Crippen LogP contribution < -0.4 is 10.5 Å². The van der Waals surface area contributed by atoms with E-state index in [1.54, 1.807) is 7.11 Å². The Morgan fingerprint density at radius 1 is 1.20 bits per heavy atom. The summed E-state index contributed by atoms with van der Waals surface area (Å²) in [5.41, 5.74) is 10.2. The molecule has 1 saturated heterocycles. The fourth-order valence-electron chi connectivity index (χ4n) is 4.51. The van der Waals surface area contributed by atoms with Gasteiger partial charge in [-0.15, -0.1) is 0 Å². The molecule has 1 aliphatic rings. The molecule has 1 aromatic carbocycles. The van der Waals surface area contributed by atoms with Gasteiger partial charge < -0.3 is 19.9 Å². The third-order valence-corrected chi connectivity index (χ3v) is 6.00. The van der Waals surface area contributed by atoms with Gasteiger partial charge in [0.2, 0.25) is 5.91 Å². The van der Waals surface area contributed by atoms with Crippen LogP contribution in [0.15, 0.2) is 24.3 Å². The van der Waals surface area contributed by atoms with Crippen LogP contribution >= 0.6 is 0 Å². The van der Waals surface area contributed by atoms with Crippen LogP contribution in [0.3, 0.4) is 0 Å². The molecule has 3 rings (SSSR count). The zero-order chi connectivity index (χ0) is 21.7. The molecule has 1 aromatic heterocycles. The van der Waals surface area contributed by atoms with E-state index in [-0.39, 0.29) is 5.91 Å². The number of methoxy groups -OCH3 is 1. The van der Waals surface area contributed by atoms with Crippen molar-refractivity contribution >= 4 is 11.8 Å². The molecule has 2 heterocycles. The van der Waals surface area contributed by atoms with Gasteiger partial charge >= 0.3 is 0 Å². The van der Waals surface area contributed by atoms with Gasteiger partial charge in [-0.2, -0.15) is 0 Å². The number of nitrogens with two attached hydrogens (primary N) is 1. The summed E-state index contributed by atoms with van der Waals surface area (Å²) in [6, 6.07) is 7.78. The first-order valence-corrected chi connectivity index (χ1v) is 10.9. The number of primary amides is 1. The molecule has 2 N–H and O–H groups in total. The van der Waals surface area contributed by atoms with Gasteiger partial charge in [-0.3, -0.25) is 9.59 Å². The van der Waals surface area contributed by atoms with E-state index in [2.05, 4.69) is 11.5 Å². The summed E-state index contributed by atoms with van der Waals surface area (Å²) >= 11 is 0. The topological polar surface area (TPSA) is 77.6 Å². The number of hydrogen-bond donors (Lipinski definition) is 1. The van der Waals surface area contributed by atoms with Gasteiger partial charge in [0.15, 0.2) is 0 Å². The summed E-state index contributed by atoms with van der Waals surface area (Å²) in [7, 11) is 1.64. The van der Waals surface area contributed by atoms with Crippen molar-refractivity contribution in [3.8, 4) is 16.9 Å². The van der Waals surface area contributed by atoms with Gasteiger partial charge in [-0.25, -0.2) is 0 Å². The van der Waals surface area contributed by atoms with E-state index in [9.17, 15) is 9.59 Å². The molecule has 0 bridgehead atoms. The number of unbranched alkanes of at least 4 members (excludes halogenated alkanes) is 1. The average Bonchev–Trinajstić information content (AvgIpc) is 3.27. The van der Waals surface area contributed by atoms with Crippen molar-refractivity contribution in [2.75, 3.05) is 20.2 Å². The van der Waals surface area contributed by atoms with Crippen LogP contribution in [0.1, 0.15) is 60.8 Å². The Bertz CT molecular complexity index is 917. The lowest BCUT2D eigenvalue weighted by atomic mass is 9.97. The number of nitrogens with zero attached hydrogens (tertiary/aromatic N) is 2. The van der Waals surface area contributed by atoms with Gasteiger partial charge in [0.25, 0.3) is 5.91 Å². The zero-order valence-electron chi connectivity index (χ0n) is 18.4. The number of amides is 2. The Hall–Kier alpha value is -2.76. The molecular formula is C24H33N3O3. The van der Waals surface area contributed by atoms with Gasteiger partial charge in [0, 0.05) is 48.6 Å². The predicted octanol–water partition coefficient (Wildman–Crippen LogP) is 3.93. The predicted molar refractivity (Wildman–Crippen MR) is 119 cm³/mol. The second kappa shape index (κ2) is 9.83. The molecule has 2 aromatic rings. The van der Waals surface area contributed by atoms with E-state index in [0.29, 0.717) is 12.0 Å². The number of para-hydroxylation sites is 1. The maximum atomic E-state index is 12.5. The zero-order valence-corrected chi connectivity index (χ0v) is 18.4. The third-order valence-electron chi connectivity index (χ3n) is 6.00. The van der Waals surface area contributed by atoms with E-state index < -0.39 is 5.91 Å². The van der Waals surface area contributed by atoms with Gasteiger partial charge in [0.05, 0.1) is 12.7 Å². The molecule has 1 fully saturated rings. The number of carbonyl (C=O) groups excluding carboxylic acids is 2. The van der Waals surface area contributed by atoms with Gasteiger partial charge in [-0.1, -0.05) is 31.5 Å². The van der Waals surface area contributed by atoms with Crippen molar-refractivity contribution in [1.29, 1.82) is 0 Å². The molecule has 2 amide bonds. The molecule has 162 valence electrons. The number of carbonyl (C=O) groups is 2. The number of hydrogen-bond acceptors (Lipinski definition) is 3. The molecule has 0 spiro atoms. The van der Waals surface area contributed by atoms with E-state index in [4.69, 9.17) is 10.5 Å². The second-order valence-electron chi connectivity index (χ2n) is 7.94. The first-order chi connectivity index (χ1) is 14.5. The van der Waals surface area contributed by atoms with Crippen molar-refractivity contribution in [3.05, 3.63) is 41.2 Å². The largest absolute Gasteiger partial charge is 0.496 e. The van der Waals surface area contributed by atoms with E-state index in [0.717, 1.165) is 80.0 Å². The Morgan fingerprint density at radius 2 is 1.97 bits per heavy atom. The Morgan fingerprint density at radius 3 is 2.60 bits per heavy atom. The van der Waals surface area contributed by atoms with Crippen molar-refractivity contribution in [2.45, 2.75) is 58.9 Å². The van der Waals surface area contributed by atoms with Crippen LogP contribution in [0.4, 0.5) is 0 Å². The molecular weight excluding hydrogens is 378 g/mol. The number of likely N-dealkylation sites (tertiary alicyclic amines) is 1. The summed E-state index contributed by atoms with van der Waals surface area (Å²) in [4.78, 5) is 26.4. The average molecular weight is 412 g/mol. The van der Waals surface area contributed by atoms with Gasteiger partial charge in [0.1, 0.15) is 5.75 Å². The lowest BCUT2D eigenvalue weighted by Gasteiger charge is -2.18. The van der Waals surface area contributed by atoms with Crippen molar-refractivity contribution in [3.63, 3.8) is 0 Å². The highest BCUT2D eigenvalue weighted by Crippen LogP contribution is 2.38. The number of ether oxygens (including phenoxy) is 1. The van der Waals surface area contributed by atoms with Crippen LogP contribution in [-0.4, -0.2) is 41.5 Å². The van der Waals surface area contributed by atoms with E-state index in [1.165, 1.54) is 0 Å². The number of benzene rings is 1. The number of rotatable bonds is 10. The minimum Gasteiger partial charge on any atom is -0.496 e. The third kappa shape index (κ3) is 4.37. The van der Waals surface area contributed by atoms with Crippen LogP contribution in [0.25, 0.3) is 11.1 Å². The summed E-state index contributed by atoms with van der Waals surface area (Å²) < 4.78 is 7.83. The Kier molecular flexibility index (Phi) is 7.19. The highest BCUT2D eigenvalue weighted by Gasteiger charge is 2.26. The quantitative estimate of drug-likeness (QED) is 0.643. The maximum absolute atomic E-state index is 12.5. The van der Waals surface area contributed by atoms with E-state index in [1.807, 2.05) is 36.1 Å². The molecule has 6 heteroatoms. The Balaban J connectivity index is 2.02. The number of aromatic nitrogens is 1. The summed E-state index contributed by atoms with van der Waals surface area (Å²) in [5.74, 6) is 0.565. The van der Waals surface area contributed by atoms with E-state index >= 15 is 0 Å². The monoisotopic (exact) mass is 411 g/mol. The van der Waals surface area contributed by atoms with Crippen LogP contribution in [0, 0.1) is 6.92 Å². The molecule has 1 aliphatic heterocycles. The standard InChI is InChI=1S/C24H33N3O3/c1-4-5-11-19-23(18-10-6-7-12-20(18)30-3)22(24(25)29)17(2)27(19)16-9-15-26-14-8-13-21(26)28/h6-7,10,12H,4-5,8-9,11,13-16H2,1-3H3,(H2,25,29). The second-order valence-corrected chi connectivity index (χ2v) is 7.94. The molecule has 30 heavy (non-hydrogen) atoms. The SMILES string of the molecule is CCCCc1c(-c2ccccc2OC)c(C(N)=O)c(C)n1CCCN1CCCC1=O. The lowest BCUT2D eigenvalue weighted by molar-refractivity contribution is -0.127. The molecule has 0 atom stereocenters. The molecule has 0 radical (unpaired) electrons. The Labute approximate surface area is 179 Å². The molecule has 6 nitrogen and oxygen atoms in total. The highest BCUT2D eigenvalue weighted by molar-refractivity contribution is 6.03. The summed E-state index contributed by atoms with van der Waals surface area (Å²) in [5, 5.41) is 0. The van der Waals surface area contributed by atoms with Crippen LogP contribution in [0.2, 0.25) is 0 Å². The molecule has 0 saturated carbocycles. The maximum Gasteiger partial charge on any atom is 0.251 e. The van der Waals surface area contributed by atoms with Crippen LogP contribution in [-0.2, 0) is 17.8 Å². The summed E-state index contributed by atoms with van der Waals surface area (Å²) in [6.45, 7) is 6.49. The first kappa shape index (κ1) is 21.9. The van der Waals surface area contributed by atoms with Crippen molar-refractivity contribution in [2.24, 2.45) is 5.73 Å². The normalized spacial score (nSPS) is 13.8. The fraction of sp³-hybridized carbons (Fsp3) is 0.500. The molecule has 0 unspecified atom stereocenters. The molecule has 0 aliphatic carbocycles. The van der Waals surface area contributed by atoms with Crippen molar-refractivity contribution < 1.29 is 14.3 Å². The smallest absolute Gasteiger partial charge is 0.251 e. The lowest BCUT2D eigenvalue weighted by Crippen LogP contribution is -2.26. The minimum absolute atomic E-state index is 0.248. The fourth-order valence-corrected chi connectivity index (χ4v) is 4.51. The van der Waals surface area contributed by atoms with Crippen molar-refractivity contribution in [1.82, 2.24) is 9.47 Å². The first-order valence-electron chi connectivity index (χ1n) is 10.9. The summed E-state index contributed by atoms with van der Waals surface area (Å²) in [6.07, 6.45) is 5.41. The van der Waals surface area contributed by atoms with Crippen LogP contribution in [0.5, 0.6) is 5.75 Å².